The summed E-state index contributed by atoms with van der Waals surface area (Å²) in [6.07, 6.45) is 9.85. The van der Waals surface area contributed by atoms with Crippen molar-refractivity contribution < 1.29 is 16.8 Å². The number of nitrogens with zero attached hydrogens (tertiary/aromatic N) is 2. The van der Waals surface area contributed by atoms with E-state index < -0.39 is 31.9 Å². The van der Waals surface area contributed by atoms with Gasteiger partial charge in [0.05, 0.1) is 9.81 Å². The molecule has 0 saturated carbocycles. The van der Waals surface area contributed by atoms with Gasteiger partial charge < -0.3 is 0 Å². The van der Waals surface area contributed by atoms with Crippen molar-refractivity contribution in [2.75, 3.05) is 28.2 Å². The molecule has 2 atom stereocenters. The summed E-state index contributed by atoms with van der Waals surface area (Å²) in [5, 5.41) is 0. The van der Waals surface area contributed by atoms with Gasteiger partial charge in [0.25, 0.3) is 0 Å². The molecule has 6 nitrogen and oxygen atoms in total. The first-order chi connectivity index (χ1) is 10.1. The Kier molecular flexibility index (Phi) is 4.49. The first-order valence-corrected chi connectivity index (χ1v) is 9.60. The van der Waals surface area contributed by atoms with Gasteiger partial charge in [0.15, 0.2) is 0 Å². The van der Waals surface area contributed by atoms with E-state index in [4.69, 9.17) is 0 Å². The van der Waals surface area contributed by atoms with E-state index in [1.54, 1.807) is 24.3 Å². The molecule has 0 aliphatic heterocycles. The lowest BCUT2D eigenvalue weighted by Crippen LogP contribution is -2.31. The Balaban J connectivity index is 2.41. The monoisotopic (exact) mass is 344 g/mol. The highest BCUT2D eigenvalue weighted by atomic mass is 32.2. The molecule has 2 unspecified atom stereocenters. The lowest BCUT2D eigenvalue weighted by Gasteiger charge is -2.25. The van der Waals surface area contributed by atoms with E-state index in [0.717, 1.165) is 8.61 Å². The normalized spacial score (nSPS) is 25.2. The van der Waals surface area contributed by atoms with E-state index in [1.165, 1.54) is 40.3 Å². The largest absolute Gasteiger partial charge is 0.239 e. The molecule has 2 aliphatic rings. The molecule has 0 radical (unpaired) electrons. The molecule has 0 bridgehead atoms. The third-order valence-corrected chi connectivity index (χ3v) is 7.69. The molecule has 0 N–H and O–H groups in total. The van der Waals surface area contributed by atoms with Gasteiger partial charge >= 0.3 is 0 Å². The van der Waals surface area contributed by atoms with Gasteiger partial charge in [0.1, 0.15) is 0 Å². The predicted octanol–water partition coefficient (Wildman–Crippen LogP) is 0.909. The quantitative estimate of drug-likeness (QED) is 0.743. The Morgan fingerprint density at radius 1 is 0.727 bits per heavy atom. The first-order valence-electron chi connectivity index (χ1n) is 6.72. The Morgan fingerprint density at radius 3 is 1.32 bits per heavy atom. The van der Waals surface area contributed by atoms with Gasteiger partial charge in [0.2, 0.25) is 20.0 Å². The Morgan fingerprint density at radius 2 is 1.05 bits per heavy atom. The maximum atomic E-state index is 12.4. The van der Waals surface area contributed by atoms with Gasteiger partial charge in [-0.25, -0.2) is 25.4 Å². The molecular formula is C14H20N2O4S2. The van der Waals surface area contributed by atoms with Gasteiger partial charge in [0, 0.05) is 40.0 Å². The highest BCUT2D eigenvalue weighted by Crippen LogP contribution is 2.40. The van der Waals surface area contributed by atoms with Crippen LogP contribution in [0.2, 0.25) is 0 Å². The van der Waals surface area contributed by atoms with Crippen molar-refractivity contribution in [3.05, 3.63) is 46.3 Å². The number of rotatable bonds is 5. The van der Waals surface area contributed by atoms with Crippen molar-refractivity contribution in [3.8, 4) is 0 Å². The van der Waals surface area contributed by atoms with E-state index in [0.29, 0.717) is 0 Å². The molecule has 0 heterocycles. The van der Waals surface area contributed by atoms with Crippen LogP contribution in [-0.2, 0) is 20.0 Å². The van der Waals surface area contributed by atoms with Crippen molar-refractivity contribution >= 4 is 20.0 Å². The van der Waals surface area contributed by atoms with E-state index in [-0.39, 0.29) is 9.81 Å². The van der Waals surface area contributed by atoms with Gasteiger partial charge in [-0.3, -0.25) is 0 Å². The van der Waals surface area contributed by atoms with Gasteiger partial charge in [-0.15, -0.1) is 0 Å². The van der Waals surface area contributed by atoms with Crippen molar-refractivity contribution in [1.82, 2.24) is 8.61 Å². The third-order valence-electron chi connectivity index (χ3n) is 3.76. The fourth-order valence-corrected chi connectivity index (χ4v) is 4.97. The second kappa shape index (κ2) is 5.77. The second-order valence-corrected chi connectivity index (χ2v) is 9.84. The number of allylic oxidation sites excluding steroid dienone is 8. The minimum absolute atomic E-state index is 0.217. The summed E-state index contributed by atoms with van der Waals surface area (Å²) >= 11 is 0. The molecule has 22 heavy (non-hydrogen) atoms. The van der Waals surface area contributed by atoms with E-state index in [9.17, 15) is 16.8 Å². The average Bonchev–Trinajstić information content (AvgIpc) is 3.06. The van der Waals surface area contributed by atoms with Gasteiger partial charge in [-0.2, -0.15) is 0 Å². The third kappa shape index (κ3) is 2.71. The summed E-state index contributed by atoms with van der Waals surface area (Å²) in [7, 11) is -1.33. The van der Waals surface area contributed by atoms with Crippen LogP contribution in [0.25, 0.3) is 0 Å². The van der Waals surface area contributed by atoms with Crippen LogP contribution in [0.5, 0.6) is 0 Å². The summed E-state index contributed by atoms with van der Waals surface area (Å²) in [6, 6.07) is 0. The maximum absolute atomic E-state index is 12.4. The second-order valence-electron chi connectivity index (χ2n) is 5.53. The van der Waals surface area contributed by atoms with Crippen LogP contribution in [0.3, 0.4) is 0 Å². The SMILES string of the molecule is CN(C)S(=O)(=O)C1=CC=CC1C1C=CC=C1S(=O)(=O)N(C)C. The minimum atomic E-state index is -3.59. The highest BCUT2D eigenvalue weighted by Gasteiger charge is 2.39. The molecular weight excluding hydrogens is 324 g/mol. The van der Waals surface area contributed by atoms with Crippen molar-refractivity contribution in [1.29, 1.82) is 0 Å². The zero-order valence-electron chi connectivity index (χ0n) is 13.0. The molecule has 0 aromatic carbocycles. The van der Waals surface area contributed by atoms with Crippen LogP contribution in [0.4, 0.5) is 0 Å². The molecule has 122 valence electrons. The Labute approximate surface area is 132 Å². The lowest BCUT2D eigenvalue weighted by atomic mass is 9.95. The Hall–Kier alpha value is -1.22. The standard InChI is InChI=1S/C14H20N2O4S2/c1-15(2)21(17,18)13-9-5-7-11(13)12-8-6-10-14(12)22(19,20)16(3)4/h5-12H,1-4H3. The van der Waals surface area contributed by atoms with E-state index in [2.05, 4.69) is 0 Å². The van der Waals surface area contributed by atoms with Crippen LogP contribution >= 0.6 is 0 Å². The predicted molar refractivity (Wildman–Crippen MR) is 86.6 cm³/mol. The van der Waals surface area contributed by atoms with Crippen molar-refractivity contribution in [3.63, 3.8) is 0 Å². The molecule has 2 rings (SSSR count). The smallest absolute Gasteiger partial charge is 0.207 e. The fraction of sp³-hybridized carbons (Fsp3) is 0.429. The molecule has 2 aliphatic carbocycles. The molecule has 0 spiro atoms. The molecule has 0 aromatic rings. The topological polar surface area (TPSA) is 74.8 Å². The fourth-order valence-electron chi connectivity index (χ4n) is 2.48. The van der Waals surface area contributed by atoms with Crippen molar-refractivity contribution in [2.24, 2.45) is 11.8 Å². The zero-order chi connectivity index (χ0) is 16.7. The minimum Gasteiger partial charge on any atom is -0.207 e. The highest BCUT2D eigenvalue weighted by molar-refractivity contribution is 7.93. The van der Waals surface area contributed by atoms with Gasteiger partial charge in [-0.1, -0.05) is 24.3 Å². The molecule has 0 fully saturated rings. The molecule has 0 saturated heterocycles. The van der Waals surface area contributed by atoms with E-state index >= 15 is 0 Å². The van der Waals surface area contributed by atoms with E-state index in [1.807, 2.05) is 0 Å². The van der Waals surface area contributed by atoms with Crippen LogP contribution in [0.1, 0.15) is 0 Å². The van der Waals surface area contributed by atoms with Crippen LogP contribution in [0, 0.1) is 11.8 Å². The lowest BCUT2D eigenvalue weighted by molar-refractivity contribution is 0.508. The van der Waals surface area contributed by atoms with Crippen molar-refractivity contribution in [2.45, 2.75) is 0 Å². The Bertz CT molecular complexity index is 717. The van der Waals surface area contributed by atoms with Gasteiger partial charge in [-0.05, 0) is 12.2 Å². The van der Waals surface area contributed by atoms with Crippen LogP contribution in [0.15, 0.2) is 46.3 Å². The van der Waals surface area contributed by atoms with Crippen LogP contribution < -0.4 is 0 Å². The number of hydrogen-bond donors (Lipinski definition) is 0. The number of sulfonamides is 2. The molecule has 0 amide bonds. The first kappa shape index (κ1) is 17.1. The maximum Gasteiger partial charge on any atom is 0.239 e. The summed E-state index contributed by atoms with van der Waals surface area (Å²) < 4.78 is 51.9. The summed E-state index contributed by atoms with van der Waals surface area (Å²) in [5.74, 6) is -1.01. The summed E-state index contributed by atoms with van der Waals surface area (Å²) in [6.45, 7) is 0. The summed E-state index contributed by atoms with van der Waals surface area (Å²) in [4.78, 5) is 0.433. The molecule has 8 heteroatoms. The summed E-state index contributed by atoms with van der Waals surface area (Å²) in [5.41, 5.74) is 0. The zero-order valence-corrected chi connectivity index (χ0v) is 14.6. The average molecular weight is 344 g/mol. The number of hydrogen-bond acceptors (Lipinski definition) is 4. The molecule has 0 aromatic heterocycles. The van der Waals surface area contributed by atoms with Crippen LogP contribution in [-0.4, -0.2) is 53.6 Å².